The number of nitrogens with zero attached hydrogens (tertiary/aromatic N) is 1. The summed E-state index contributed by atoms with van der Waals surface area (Å²) in [5.41, 5.74) is 2.18. The number of carboxylic acid groups (broad SMARTS) is 1. The molecule has 2 heterocycles. The molecular formula is C19H26N3NaO3. The number of nitrogens with one attached hydrogen (secondary N) is 2. The Bertz CT molecular complexity index is 595. The molecule has 0 unspecified atom stereocenters. The van der Waals surface area contributed by atoms with Gasteiger partial charge in [-0.1, -0.05) is 12.1 Å². The standard InChI is InChI=1S/C19H27N3O3.Na/c23-18(24)13-22-11-7-16(8-12-22)19(25)21-17-3-1-14(2-4-17)15-5-9-20-10-6-15;/h1-4,15-16,20H,5-13H2,(H,21,25)(H,23,24);/q;+1/p-1. The quantitative estimate of drug-likeness (QED) is 0.565. The van der Waals surface area contributed by atoms with Gasteiger partial charge in [0.25, 0.3) is 0 Å². The molecule has 1 aromatic carbocycles. The number of anilines is 1. The first-order valence-electron chi connectivity index (χ1n) is 9.15. The molecule has 6 nitrogen and oxygen atoms in total. The largest absolute Gasteiger partial charge is 1.00 e. The molecule has 0 saturated carbocycles. The van der Waals surface area contributed by atoms with E-state index in [1.165, 1.54) is 5.56 Å². The minimum atomic E-state index is -1.06. The summed E-state index contributed by atoms with van der Waals surface area (Å²) in [6.45, 7) is 3.34. The Morgan fingerprint density at radius 1 is 1.08 bits per heavy atom. The van der Waals surface area contributed by atoms with Crippen molar-refractivity contribution in [3.05, 3.63) is 29.8 Å². The van der Waals surface area contributed by atoms with E-state index in [1.807, 2.05) is 17.0 Å². The average Bonchev–Trinajstić information content (AvgIpc) is 2.63. The molecule has 26 heavy (non-hydrogen) atoms. The number of benzene rings is 1. The number of hydrogen-bond donors (Lipinski definition) is 2. The number of amides is 1. The van der Waals surface area contributed by atoms with Crippen LogP contribution in [-0.4, -0.2) is 49.5 Å². The van der Waals surface area contributed by atoms with Crippen LogP contribution in [0.4, 0.5) is 5.69 Å². The van der Waals surface area contributed by atoms with E-state index in [-0.39, 0.29) is 47.9 Å². The van der Waals surface area contributed by atoms with Gasteiger partial charge in [0.1, 0.15) is 0 Å². The fraction of sp³-hybridized carbons (Fsp3) is 0.579. The van der Waals surface area contributed by atoms with Crippen molar-refractivity contribution in [2.75, 3.05) is 38.0 Å². The Balaban J connectivity index is 0.00000243. The van der Waals surface area contributed by atoms with Crippen LogP contribution in [0.15, 0.2) is 24.3 Å². The number of piperidine rings is 2. The third-order valence-electron chi connectivity index (χ3n) is 5.30. The number of carboxylic acids is 1. The fourth-order valence-corrected chi connectivity index (χ4v) is 3.77. The molecular weight excluding hydrogens is 341 g/mol. The molecule has 0 aromatic heterocycles. The van der Waals surface area contributed by atoms with Gasteiger partial charge in [0.2, 0.25) is 5.91 Å². The van der Waals surface area contributed by atoms with E-state index in [0.29, 0.717) is 31.8 Å². The number of likely N-dealkylation sites (tertiary alicyclic amines) is 1. The number of carbonyl (C=O) groups excluding carboxylic acids is 2. The SMILES string of the molecule is O=C([O-])CN1CCC(C(=O)Nc2ccc(C3CCNCC3)cc2)CC1.[Na+]. The predicted octanol–water partition coefficient (Wildman–Crippen LogP) is -2.44. The molecule has 2 aliphatic rings. The summed E-state index contributed by atoms with van der Waals surface area (Å²) in [5.74, 6) is -0.472. The van der Waals surface area contributed by atoms with Crippen molar-refractivity contribution in [3.8, 4) is 0 Å². The smallest absolute Gasteiger partial charge is 0.549 e. The normalized spacial score (nSPS) is 19.5. The van der Waals surface area contributed by atoms with E-state index in [2.05, 4.69) is 22.8 Å². The molecule has 3 rings (SSSR count). The molecule has 0 spiro atoms. The van der Waals surface area contributed by atoms with Crippen LogP contribution < -0.4 is 45.3 Å². The van der Waals surface area contributed by atoms with Gasteiger partial charge in [-0.05, 0) is 75.5 Å². The Morgan fingerprint density at radius 3 is 2.27 bits per heavy atom. The predicted molar refractivity (Wildman–Crippen MR) is 94.1 cm³/mol. The van der Waals surface area contributed by atoms with Crippen molar-refractivity contribution in [2.24, 2.45) is 5.92 Å². The number of rotatable bonds is 5. The summed E-state index contributed by atoms with van der Waals surface area (Å²) in [5, 5.41) is 17.0. The van der Waals surface area contributed by atoms with E-state index in [4.69, 9.17) is 0 Å². The van der Waals surface area contributed by atoms with Crippen LogP contribution in [0.2, 0.25) is 0 Å². The van der Waals surface area contributed by atoms with E-state index in [9.17, 15) is 14.7 Å². The minimum absolute atomic E-state index is 0. The second kappa shape index (κ2) is 10.4. The van der Waals surface area contributed by atoms with Crippen LogP contribution in [0, 0.1) is 5.92 Å². The molecule has 2 fully saturated rings. The Hall–Kier alpha value is -0.920. The van der Waals surface area contributed by atoms with Gasteiger partial charge in [0.05, 0.1) is 5.97 Å². The molecule has 2 N–H and O–H groups in total. The van der Waals surface area contributed by atoms with E-state index in [1.54, 1.807) is 0 Å². The maximum Gasteiger partial charge on any atom is 1.00 e. The summed E-state index contributed by atoms with van der Waals surface area (Å²) in [6.07, 6.45) is 3.70. The van der Waals surface area contributed by atoms with Gasteiger partial charge in [-0.3, -0.25) is 9.69 Å². The van der Waals surface area contributed by atoms with Gasteiger partial charge in [0, 0.05) is 18.2 Å². The van der Waals surface area contributed by atoms with Crippen LogP contribution in [0.25, 0.3) is 0 Å². The van der Waals surface area contributed by atoms with Gasteiger partial charge >= 0.3 is 29.6 Å². The molecule has 2 aliphatic heterocycles. The molecule has 0 bridgehead atoms. The van der Waals surface area contributed by atoms with Crippen LogP contribution in [-0.2, 0) is 9.59 Å². The van der Waals surface area contributed by atoms with Gasteiger partial charge in [-0.15, -0.1) is 0 Å². The van der Waals surface area contributed by atoms with Crippen LogP contribution in [0.1, 0.15) is 37.2 Å². The van der Waals surface area contributed by atoms with Crippen molar-refractivity contribution in [2.45, 2.75) is 31.6 Å². The van der Waals surface area contributed by atoms with E-state index in [0.717, 1.165) is 31.6 Å². The van der Waals surface area contributed by atoms with Crippen molar-refractivity contribution in [3.63, 3.8) is 0 Å². The first-order chi connectivity index (χ1) is 12.1. The number of hydrogen-bond acceptors (Lipinski definition) is 5. The van der Waals surface area contributed by atoms with Crippen molar-refractivity contribution in [1.29, 1.82) is 0 Å². The molecule has 2 saturated heterocycles. The molecule has 136 valence electrons. The van der Waals surface area contributed by atoms with Crippen LogP contribution in [0.5, 0.6) is 0 Å². The monoisotopic (exact) mass is 367 g/mol. The van der Waals surface area contributed by atoms with E-state index < -0.39 is 5.97 Å². The fourth-order valence-electron chi connectivity index (χ4n) is 3.77. The molecule has 0 atom stereocenters. The summed E-state index contributed by atoms with van der Waals surface area (Å²) < 4.78 is 0. The topological polar surface area (TPSA) is 84.5 Å². The summed E-state index contributed by atoms with van der Waals surface area (Å²) in [6, 6.07) is 8.21. The second-order valence-corrected chi connectivity index (χ2v) is 7.06. The Morgan fingerprint density at radius 2 is 1.69 bits per heavy atom. The maximum absolute atomic E-state index is 12.4. The number of aliphatic carboxylic acids is 1. The molecule has 7 heteroatoms. The summed E-state index contributed by atoms with van der Waals surface area (Å²) in [7, 11) is 0. The molecule has 0 radical (unpaired) electrons. The first kappa shape index (κ1) is 21.4. The number of carbonyl (C=O) groups is 2. The zero-order valence-electron chi connectivity index (χ0n) is 15.5. The third kappa shape index (κ3) is 6.06. The summed E-state index contributed by atoms with van der Waals surface area (Å²) in [4.78, 5) is 24.9. The molecule has 0 aliphatic carbocycles. The Kier molecular flexibility index (Phi) is 8.57. The van der Waals surface area contributed by atoms with Crippen LogP contribution in [0.3, 0.4) is 0 Å². The van der Waals surface area contributed by atoms with Gasteiger partial charge in [0.15, 0.2) is 0 Å². The molecule has 1 aromatic rings. The second-order valence-electron chi connectivity index (χ2n) is 7.06. The summed E-state index contributed by atoms with van der Waals surface area (Å²) >= 11 is 0. The average molecular weight is 367 g/mol. The van der Waals surface area contributed by atoms with Crippen molar-refractivity contribution < 1.29 is 44.3 Å². The Labute approximate surface area is 177 Å². The minimum Gasteiger partial charge on any atom is -0.549 e. The van der Waals surface area contributed by atoms with Crippen molar-refractivity contribution in [1.82, 2.24) is 10.2 Å². The third-order valence-corrected chi connectivity index (χ3v) is 5.30. The zero-order valence-corrected chi connectivity index (χ0v) is 17.5. The van der Waals surface area contributed by atoms with Gasteiger partial charge in [-0.25, -0.2) is 0 Å². The first-order valence-corrected chi connectivity index (χ1v) is 9.15. The maximum atomic E-state index is 12.4. The van der Waals surface area contributed by atoms with Crippen molar-refractivity contribution >= 4 is 17.6 Å². The van der Waals surface area contributed by atoms with E-state index >= 15 is 0 Å². The molecule has 1 amide bonds. The van der Waals surface area contributed by atoms with Gasteiger partial charge in [-0.2, -0.15) is 0 Å². The zero-order chi connectivity index (χ0) is 17.6. The van der Waals surface area contributed by atoms with Gasteiger partial charge < -0.3 is 20.5 Å². The van der Waals surface area contributed by atoms with Crippen LogP contribution >= 0.6 is 0 Å².